The Kier molecular flexibility index (Phi) is 6.02. The molecular weight excluding hydrogens is 350 g/mol. The summed E-state index contributed by atoms with van der Waals surface area (Å²) in [5, 5.41) is 2.84. The number of nitrogens with two attached hydrogens (primary N) is 1. The second kappa shape index (κ2) is 8.46. The van der Waals surface area contributed by atoms with Crippen molar-refractivity contribution >= 4 is 23.6 Å². The maximum Gasteiger partial charge on any atom is 0.248 e. The molecule has 148 valence electrons. The van der Waals surface area contributed by atoms with Gasteiger partial charge in [0.1, 0.15) is 0 Å². The number of nitrogens with one attached hydrogen (secondary N) is 1. The van der Waals surface area contributed by atoms with E-state index in [4.69, 9.17) is 5.73 Å². The van der Waals surface area contributed by atoms with Gasteiger partial charge < -0.3 is 15.6 Å². The van der Waals surface area contributed by atoms with Crippen LogP contribution in [0.3, 0.4) is 0 Å². The number of benzene rings is 1. The highest BCUT2D eigenvalue weighted by Crippen LogP contribution is 2.32. The van der Waals surface area contributed by atoms with Gasteiger partial charge in [0, 0.05) is 34.8 Å². The largest absolute Gasteiger partial charge is 0.366 e. The second-order valence-corrected chi connectivity index (χ2v) is 7.70. The molecule has 5 nitrogen and oxygen atoms in total. The molecule has 0 saturated heterocycles. The van der Waals surface area contributed by atoms with E-state index in [0.717, 1.165) is 11.1 Å². The number of hydrogen-bond acceptors (Lipinski definition) is 2. The number of rotatable bonds is 5. The number of carbonyl (C=O) groups excluding carboxylic acids is 2. The van der Waals surface area contributed by atoms with Crippen molar-refractivity contribution in [1.29, 1.82) is 0 Å². The van der Waals surface area contributed by atoms with E-state index in [1.165, 1.54) is 43.5 Å². The summed E-state index contributed by atoms with van der Waals surface area (Å²) in [6.07, 6.45) is 9.84. The van der Waals surface area contributed by atoms with Crippen molar-refractivity contribution in [1.82, 2.24) is 4.57 Å². The molecule has 3 N–H and O–H groups in total. The average molecular weight is 380 g/mol. The Hall–Kier alpha value is -2.82. The summed E-state index contributed by atoms with van der Waals surface area (Å²) in [6.45, 7) is 6.07. The van der Waals surface area contributed by atoms with E-state index in [1.54, 1.807) is 31.2 Å². The lowest BCUT2D eigenvalue weighted by Crippen LogP contribution is -2.15. The molecule has 5 heteroatoms. The molecule has 1 aromatic carbocycles. The summed E-state index contributed by atoms with van der Waals surface area (Å²) >= 11 is 0. The van der Waals surface area contributed by atoms with Crippen molar-refractivity contribution < 1.29 is 9.59 Å². The second-order valence-electron chi connectivity index (χ2n) is 7.70. The van der Waals surface area contributed by atoms with Crippen LogP contribution in [-0.4, -0.2) is 16.4 Å². The van der Waals surface area contributed by atoms with Gasteiger partial charge in [-0.1, -0.05) is 19.3 Å². The van der Waals surface area contributed by atoms with Gasteiger partial charge >= 0.3 is 0 Å². The molecule has 28 heavy (non-hydrogen) atoms. The lowest BCUT2D eigenvalue weighted by atomic mass is 9.95. The number of aryl methyl sites for hydroxylation is 2. The molecule has 3 rings (SSSR count). The van der Waals surface area contributed by atoms with Gasteiger partial charge in [-0.05, 0) is 75.1 Å². The first-order valence-electron chi connectivity index (χ1n) is 9.94. The standard InChI is InChI=1S/C23H29N3O2/c1-15-13-19(10-11-21(15)23(24)28)25-22(27)12-9-18-14-16(2)26(17(18)3)20-7-5-4-6-8-20/h9-14,20H,4-8H2,1-3H3,(H2,24,28)(H,25,27)/b12-9+. The fourth-order valence-corrected chi connectivity index (χ4v) is 4.24. The topological polar surface area (TPSA) is 77.1 Å². The molecule has 0 bridgehead atoms. The molecule has 1 aliphatic carbocycles. The quantitative estimate of drug-likeness (QED) is 0.741. The van der Waals surface area contributed by atoms with Crippen molar-refractivity contribution in [2.45, 2.75) is 58.9 Å². The molecule has 1 aromatic heterocycles. The molecule has 0 aliphatic heterocycles. The van der Waals surface area contributed by atoms with E-state index in [1.807, 2.05) is 6.08 Å². The fraction of sp³-hybridized carbons (Fsp3) is 0.391. The van der Waals surface area contributed by atoms with Crippen LogP contribution in [-0.2, 0) is 4.79 Å². The number of primary amides is 1. The van der Waals surface area contributed by atoms with Crippen LogP contribution in [0.15, 0.2) is 30.3 Å². The Balaban J connectivity index is 1.71. The summed E-state index contributed by atoms with van der Waals surface area (Å²) < 4.78 is 2.43. The molecule has 0 spiro atoms. The van der Waals surface area contributed by atoms with E-state index in [0.29, 0.717) is 17.3 Å². The van der Waals surface area contributed by atoms with Gasteiger partial charge in [-0.2, -0.15) is 0 Å². The lowest BCUT2D eigenvalue weighted by Gasteiger charge is -2.26. The normalized spacial score (nSPS) is 15.1. The van der Waals surface area contributed by atoms with Crippen LogP contribution in [0.25, 0.3) is 6.08 Å². The molecule has 0 atom stereocenters. The van der Waals surface area contributed by atoms with Gasteiger partial charge in [0.25, 0.3) is 0 Å². The highest BCUT2D eigenvalue weighted by Gasteiger charge is 2.19. The van der Waals surface area contributed by atoms with E-state index in [2.05, 4.69) is 29.8 Å². The summed E-state index contributed by atoms with van der Waals surface area (Å²) in [6, 6.07) is 7.81. The smallest absolute Gasteiger partial charge is 0.248 e. The summed E-state index contributed by atoms with van der Waals surface area (Å²) in [5.74, 6) is -0.669. The van der Waals surface area contributed by atoms with E-state index < -0.39 is 5.91 Å². The minimum absolute atomic E-state index is 0.200. The van der Waals surface area contributed by atoms with Crippen molar-refractivity contribution in [3.8, 4) is 0 Å². The Morgan fingerprint density at radius 1 is 1.11 bits per heavy atom. The first-order valence-corrected chi connectivity index (χ1v) is 9.94. The maximum atomic E-state index is 12.3. The van der Waals surface area contributed by atoms with Gasteiger partial charge in [-0.3, -0.25) is 9.59 Å². The number of hydrogen-bond donors (Lipinski definition) is 2. The first-order chi connectivity index (χ1) is 13.4. The van der Waals surface area contributed by atoms with Gasteiger partial charge in [0.2, 0.25) is 11.8 Å². The lowest BCUT2D eigenvalue weighted by molar-refractivity contribution is -0.111. The molecule has 1 heterocycles. The minimum Gasteiger partial charge on any atom is -0.366 e. The Labute approximate surface area is 166 Å². The Bertz CT molecular complexity index is 918. The van der Waals surface area contributed by atoms with Crippen molar-refractivity contribution in [3.05, 3.63) is 58.4 Å². The van der Waals surface area contributed by atoms with Crippen LogP contribution in [0.4, 0.5) is 5.69 Å². The van der Waals surface area contributed by atoms with Crippen LogP contribution in [0.1, 0.15) is 71.0 Å². The zero-order valence-corrected chi connectivity index (χ0v) is 16.9. The highest BCUT2D eigenvalue weighted by atomic mass is 16.1. The Morgan fingerprint density at radius 3 is 2.46 bits per heavy atom. The zero-order chi connectivity index (χ0) is 20.3. The monoisotopic (exact) mass is 379 g/mol. The summed E-state index contributed by atoms with van der Waals surface area (Å²) in [5.41, 5.74) is 10.7. The number of aromatic nitrogens is 1. The van der Waals surface area contributed by atoms with Gasteiger partial charge in [0.05, 0.1) is 0 Å². The molecule has 0 unspecified atom stereocenters. The van der Waals surface area contributed by atoms with Crippen LogP contribution in [0, 0.1) is 20.8 Å². The third-order valence-electron chi connectivity index (χ3n) is 5.64. The van der Waals surface area contributed by atoms with Crippen LogP contribution >= 0.6 is 0 Å². The zero-order valence-electron chi connectivity index (χ0n) is 16.9. The highest BCUT2D eigenvalue weighted by molar-refractivity contribution is 6.02. The van der Waals surface area contributed by atoms with Crippen LogP contribution < -0.4 is 11.1 Å². The minimum atomic E-state index is -0.469. The number of anilines is 1. The summed E-state index contributed by atoms with van der Waals surface area (Å²) in [7, 11) is 0. The molecule has 2 amide bonds. The summed E-state index contributed by atoms with van der Waals surface area (Å²) in [4.78, 5) is 23.6. The van der Waals surface area contributed by atoms with E-state index in [9.17, 15) is 9.59 Å². The van der Waals surface area contributed by atoms with E-state index >= 15 is 0 Å². The third kappa shape index (κ3) is 4.35. The number of amides is 2. The molecule has 2 aromatic rings. The molecule has 1 saturated carbocycles. The number of carbonyl (C=O) groups is 2. The van der Waals surface area contributed by atoms with Crippen LogP contribution in [0.2, 0.25) is 0 Å². The fourth-order valence-electron chi connectivity index (χ4n) is 4.24. The first kappa shape index (κ1) is 19.9. The van der Waals surface area contributed by atoms with Gasteiger partial charge in [0.15, 0.2) is 0 Å². The van der Waals surface area contributed by atoms with Crippen molar-refractivity contribution in [2.24, 2.45) is 5.73 Å². The number of nitrogens with zero attached hydrogens (tertiary/aromatic N) is 1. The maximum absolute atomic E-state index is 12.3. The molecule has 1 aliphatic rings. The van der Waals surface area contributed by atoms with Crippen molar-refractivity contribution in [2.75, 3.05) is 5.32 Å². The van der Waals surface area contributed by atoms with Crippen LogP contribution in [0.5, 0.6) is 0 Å². The van der Waals surface area contributed by atoms with Gasteiger partial charge in [-0.25, -0.2) is 0 Å². The van der Waals surface area contributed by atoms with Crippen molar-refractivity contribution in [3.63, 3.8) is 0 Å². The predicted octanol–water partition coefficient (Wildman–Crippen LogP) is 4.67. The average Bonchev–Trinajstić information content (AvgIpc) is 2.94. The molecule has 0 radical (unpaired) electrons. The molecular formula is C23H29N3O2. The Morgan fingerprint density at radius 2 is 1.82 bits per heavy atom. The van der Waals surface area contributed by atoms with Gasteiger partial charge in [-0.15, -0.1) is 0 Å². The molecule has 1 fully saturated rings. The third-order valence-corrected chi connectivity index (χ3v) is 5.64. The van der Waals surface area contributed by atoms with E-state index in [-0.39, 0.29) is 5.91 Å². The predicted molar refractivity (Wildman–Crippen MR) is 113 cm³/mol. The SMILES string of the molecule is Cc1cc(NC(=O)/C=C/c2cc(C)n(C3CCCCC3)c2C)ccc1C(N)=O.